The lowest BCUT2D eigenvalue weighted by atomic mass is 9.84. The number of amides is 2. The Balaban J connectivity index is 1.34. The minimum atomic E-state index is -1.14. The molecular formula is C53H72FN7O9. The van der Waals surface area contributed by atoms with Gasteiger partial charge in [-0.1, -0.05) is 32.0 Å². The largest absolute Gasteiger partial charge is 0.468 e. The number of morpholine rings is 1. The summed E-state index contributed by atoms with van der Waals surface area (Å²) >= 11 is 0. The normalized spacial score (nSPS) is 18.8. The molecule has 0 aliphatic carbocycles. The van der Waals surface area contributed by atoms with Crippen LogP contribution in [-0.2, 0) is 64.1 Å². The van der Waals surface area contributed by atoms with Crippen LogP contribution in [0.4, 0.5) is 14.9 Å². The van der Waals surface area contributed by atoms with Gasteiger partial charge >= 0.3 is 18.0 Å². The number of carbonyl (C=O) groups is 4. The van der Waals surface area contributed by atoms with Gasteiger partial charge in [-0.2, -0.15) is 0 Å². The Kier molecular flexibility index (Phi) is 16.6. The third-order valence-corrected chi connectivity index (χ3v) is 13.4. The molecule has 4 aromatic rings. The fraction of sp³-hybridized carbons (Fsp3) is 0.566. The van der Waals surface area contributed by atoms with Gasteiger partial charge in [0.05, 0.1) is 62.3 Å². The Morgan fingerprint density at radius 2 is 1.76 bits per heavy atom. The van der Waals surface area contributed by atoms with Crippen LogP contribution in [0.15, 0.2) is 48.7 Å². The first-order valence-corrected chi connectivity index (χ1v) is 24.5. The molecule has 3 aliphatic rings. The maximum absolute atomic E-state index is 15.0. The standard InChI is InChI=1S/C53H72FN7O9/c1-11-60-46-15-14-37(38-22-35(21-36(23-38)28-54)24-45(56-51(65)70-52(4,5)6)49(63)61-16-12-13-44(57-61)50(64)67-10)25-41(46)43(27-53(7,8)32-69-34(3)62)48(60)42-26-39(29-55-47(42)33(2)66-9)59-18-17-58-19-20-68-31-40(58)30-59/h14-15,21-23,25-26,29,33,40,44-45,57H,11-13,16-20,24,27-28,30-32H2,1-10H3,(H,56,65)/t33-,40-,44-,45-/m0/s1. The van der Waals surface area contributed by atoms with Crippen LogP contribution in [0.2, 0.25) is 0 Å². The van der Waals surface area contributed by atoms with Gasteiger partial charge in [-0.15, -0.1) is 0 Å². The number of hydrazine groups is 1. The SMILES string of the molecule is CCn1c(-c2cc(N3CCN4CCOC[C@@H]4C3)cnc2[C@H](C)OC)c(CC(C)(C)COC(C)=O)c2cc(-c3cc(CF)cc(C[C@H](NC(=O)OC(C)(C)C)C(=O)N4CCC[C@@H](C(=O)OC)N4)c3)ccc21. The summed E-state index contributed by atoms with van der Waals surface area (Å²) in [5, 5.41) is 5.09. The van der Waals surface area contributed by atoms with Crippen LogP contribution >= 0.6 is 0 Å². The zero-order valence-electron chi connectivity index (χ0n) is 42.6. The molecule has 380 valence electrons. The van der Waals surface area contributed by atoms with Crippen LogP contribution in [0.25, 0.3) is 33.3 Å². The van der Waals surface area contributed by atoms with Crippen LogP contribution in [0, 0.1) is 5.41 Å². The molecule has 16 nitrogen and oxygen atoms in total. The summed E-state index contributed by atoms with van der Waals surface area (Å²) in [4.78, 5) is 62.3. The van der Waals surface area contributed by atoms with Crippen LogP contribution in [0.3, 0.4) is 0 Å². The number of benzene rings is 2. The van der Waals surface area contributed by atoms with Crippen molar-refractivity contribution < 1.29 is 47.3 Å². The fourth-order valence-corrected chi connectivity index (χ4v) is 9.94. The van der Waals surface area contributed by atoms with Crippen molar-refractivity contribution in [1.29, 1.82) is 0 Å². The number of nitrogens with one attached hydrogen (secondary N) is 2. The highest BCUT2D eigenvalue weighted by molar-refractivity contribution is 5.96. The van der Waals surface area contributed by atoms with Crippen molar-refractivity contribution >= 4 is 40.5 Å². The van der Waals surface area contributed by atoms with Gasteiger partial charge in [0.15, 0.2) is 0 Å². The molecule has 0 unspecified atom stereocenters. The summed E-state index contributed by atoms with van der Waals surface area (Å²) in [5.41, 5.74) is 9.96. The van der Waals surface area contributed by atoms with E-state index in [4.69, 9.17) is 28.7 Å². The average Bonchev–Trinajstić information content (AvgIpc) is 3.64. The summed E-state index contributed by atoms with van der Waals surface area (Å²) in [7, 11) is 2.98. The van der Waals surface area contributed by atoms with Gasteiger partial charge in [-0.3, -0.25) is 29.3 Å². The zero-order valence-corrected chi connectivity index (χ0v) is 42.6. The number of fused-ring (bicyclic) bond motifs is 2. The van der Waals surface area contributed by atoms with E-state index in [9.17, 15) is 23.6 Å². The quantitative estimate of drug-likeness (QED) is 0.0848. The molecule has 0 bridgehead atoms. The minimum absolute atomic E-state index is 0.000794. The summed E-state index contributed by atoms with van der Waals surface area (Å²) in [6.07, 6.45) is 2.37. The van der Waals surface area contributed by atoms with Crippen LogP contribution in [-0.4, -0.2) is 134 Å². The number of esters is 2. The number of alkyl halides is 1. The molecule has 3 fully saturated rings. The molecule has 2 amide bonds. The molecular weight excluding hydrogens is 898 g/mol. The van der Waals surface area contributed by atoms with E-state index >= 15 is 0 Å². The summed E-state index contributed by atoms with van der Waals surface area (Å²) in [6.45, 7) is 20.3. The molecule has 0 radical (unpaired) electrons. The number of anilines is 1. The highest BCUT2D eigenvalue weighted by Gasteiger charge is 2.36. The first-order valence-electron chi connectivity index (χ1n) is 24.5. The zero-order chi connectivity index (χ0) is 50.5. The smallest absolute Gasteiger partial charge is 0.408 e. The number of halogens is 1. The van der Waals surface area contributed by atoms with E-state index in [1.807, 2.05) is 25.3 Å². The number of methoxy groups -OCH3 is 2. The van der Waals surface area contributed by atoms with E-state index in [0.29, 0.717) is 50.1 Å². The lowest BCUT2D eigenvalue weighted by molar-refractivity contribution is -0.150. The maximum Gasteiger partial charge on any atom is 0.408 e. The van der Waals surface area contributed by atoms with Crippen LogP contribution in [0.5, 0.6) is 0 Å². The molecule has 2 aromatic carbocycles. The van der Waals surface area contributed by atoms with Gasteiger partial charge in [-0.05, 0) is 106 Å². The number of piperazine rings is 1. The number of carbonyl (C=O) groups excluding carboxylic acids is 4. The molecule has 0 saturated carbocycles. The molecule has 0 spiro atoms. The highest BCUT2D eigenvalue weighted by Crippen LogP contribution is 2.43. The number of nitrogens with zero attached hydrogens (tertiary/aromatic N) is 5. The summed E-state index contributed by atoms with van der Waals surface area (Å²) in [5.74, 6) is -1.33. The summed E-state index contributed by atoms with van der Waals surface area (Å²) < 4.78 is 45.3. The molecule has 7 rings (SSSR count). The van der Waals surface area contributed by atoms with Crippen molar-refractivity contribution in [1.82, 2.24) is 30.2 Å². The van der Waals surface area contributed by atoms with E-state index in [2.05, 4.69) is 64.1 Å². The van der Waals surface area contributed by atoms with E-state index < -0.39 is 47.7 Å². The second-order valence-corrected chi connectivity index (χ2v) is 20.6. The first kappa shape index (κ1) is 52.2. The number of aryl methyl sites for hydroxylation is 1. The number of rotatable bonds is 16. The topological polar surface area (TPSA) is 166 Å². The second-order valence-electron chi connectivity index (χ2n) is 20.6. The molecule has 3 saturated heterocycles. The Bertz CT molecular complexity index is 2540. The predicted molar refractivity (Wildman–Crippen MR) is 266 cm³/mol. The molecule has 2 N–H and O–H groups in total. The Hall–Kier alpha value is -5.62. The van der Waals surface area contributed by atoms with Crippen LogP contribution in [0.1, 0.15) is 96.7 Å². The van der Waals surface area contributed by atoms with Crippen molar-refractivity contribution in [3.8, 4) is 22.4 Å². The lowest BCUT2D eigenvalue weighted by Gasteiger charge is -2.44. The number of pyridine rings is 1. The number of alkyl carbamates (subject to hydrolysis) is 1. The van der Waals surface area contributed by atoms with Gasteiger partial charge in [-0.25, -0.2) is 14.6 Å². The third kappa shape index (κ3) is 12.3. The van der Waals surface area contributed by atoms with E-state index in [1.54, 1.807) is 40.0 Å². The lowest BCUT2D eigenvalue weighted by Crippen LogP contribution is -2.60. The van der Waals surface area contributed by atoms with Gasteiger partial charge in [0.25, 0.3) is 5.91 Å². The number of hydrogen-bond donors (Lipinski definition) is 2. The number of hydrogen-bond acceptors (Lipinski definition) is 13. The number of aromatic nitrogens is 2. The first-order chi connectivity index (χ1) is 33.3. The molecule has 5 heterocycles. The predicted octanol–water partition coefficient (Wildman–Crippen LogP) is 7.32. The van der Waals surface area contributed by atoms with Crippen molar-refractivity contribution in [2.45, 2.75) is 124 Å². The molecule has 4 atom stereocenters. The Morgan fingerprint density at radius 1 is 0.986 bits per heavy atom. The van der Waals surface area contributed by atoms with Crippen molar-refractivity contribution in [3.05, 3.63) is 71.0 Å². The van der Waals surface area contributed by atoms with Gasteiger partial charge in [0.1, 0.15) is 24.4 Å². The van der Waals surface area contributed by atoms with E-state index in [-0.39, 0.29) is 31.1 Å². The maximum atomic E-state index is 15.0. The van der Waals surface area contributed by atoms with E-state index in [0.717, 1.165) is 83.0 Å². The molecule has 2 aromatic heterocycles. The molecule has 3 aliphatic heterocycles. The molecule has 17 heteroatoms. The second kappa shape index (κ2) is 22.2. The average molecular weight is 970 g/mol. The minimum Gasteiger partial charge on any atom is -0.468 e. The Morgan fingerprint density at radius 3 is 2.46 bits per heavy atom. The van der Waals surface area contributed by atoms with Crippen LogP contribution < -0.4 is 15.6 Å². The number of ether oxygens (including phenoxy) is 5. The molecule has 70 heavy (non-hydrogen) atoms. The Labute approximate surface area is 411 Å². The van der Waals surface area contributed by atoms with Crippen molar-refractivity contribution in [2.75, 3.05) is 71.7 Å². The fourth-order valence-electron chi connectivity index (χ4n) is 9.94. The van der Waals surface area contributed by atoms with E-state index in [1.165, 1.54) is 19.0 Å². The van der Waals surface area contributed by atoms with Gasteiger partial charge < -0.3 is 38.5 Å². The summed E-state index contributed by atoms with van der Waals surface area (Å²) in [6, 6.07) is 12.4. The van der Waals surface area contributed by atoms with Crippen molar-refractivity contribution in [2.24, 2.45) is 5.41 Å². The van der Waals surface area contributed by atoms with Gasteiger partial charge in [0.2, 0.25) is 0 Å². The highest BCUT2D eigenvalue weighted by atomic mass is 19.1. The van der Waals surface area contributed by atoms with Gasteiger partial charge in [0, 0.05) is 81.6 Å². The monoisotopic (exact) mass is 970 g/mol. The third-order valence-electron chi connectivity index (χ3n) is 13.4. The van der Waals surface area contributed by atoms with Crippen molar-refractivity contribution in [3.63, 3.8) is 0 Å².